The summed E-state index contributed by atoms with van der Waals surface area (Å²) in [5, 5.41) is 3.62. The number of halogens is 2. The molecule has 27 heavy (non-hydrogen) atoms. The first-order valence-corrected chi connectivity index (χ1v) is 8.95. The second kappa shape index (κ2) is 8.85. The molecule has 1 aliphatic heterocycles. The molecule has 0 saturated heterocycles. The lowest BCUT2D eigenvalue weighted by Gasteiger charge is -2.32. The van der Waals surface area contributed by atoms with E-state index in [1.807, 2.05) is 36.1 Å². The first-order chi connectivity index (χ1) is 13.0. The largest absolute Gasteiger partial charge is 0.486 e. The molecule has 2 aromatic rings. The van der Waals surface area contributed by atoms with Crippen molar-refractivity contribution in [1.82, 2.24) is 4.90 Å². The number of nitrogens with one attached hydrogen (secondary N) is 1. The van der Waals surface area contributed by atoms with Gasteiger partial charge in [-0.1, -0.05) is 12.1 Å². The number of nitrogens with zero attached hydrogens (tertiary/aromatic N) is 1. The van der Waals surface area contributed by atoms with Gasteiger partial charge >= 0.3 is 6.61 Å². The van der Waals surface area contributed by atoms with Crippen molar-refractivity contribution in [2.75, 3.05) is 25.0 Å². The van der Waals surface area contributed by atoms with Crippen LogP contribution in [0.5, 0.6) is 17.2 Å². The summed E-state index contributed by atoms with van der Waals surface area (Å²) >= 11 is 5.47. The predicted octanol–water partition coefficient (Wildman–Crippen LogP) is 4.15. The van der Waals surface area contributed by atoms with Crippen LogP contribution in [0.3, 0.4) is 0 Å². The second-order valence-corrected chi connectivity index (χ2v) is 6.26. The first kappa shape index (κ1) is 19.2. The Morgan fingerprint density at radius 2 is 1.93 bits per heavy atom. The SMILES string of the molecule is CCN(C[C@@H]1COc2ccccc2O1)C(=S)Nc1ccc(OC(F)F)cc1. The average molecular weight is 394 g/mol. The lowest BCUT2D eigenvalue weighted by molar-refractivity contribution is -0.0498. The molecule has 0 aliphatic carbocycles. The Hall–Kier alpha value is -2.61. The van der Waals surface area contributed by atoms with E-state index in [1.54, 1.807) is 12.1 Å². The highest BCUT2D eigenvalue weighted by Gasteiger charge is 2.23. The summed E-state index contributed by atoms with van der Waals surface area (Å²) in [6.45, 7) is 0.827. The van der Waals surface area contributed by atoms with E-state index in [-0.39, 0.29) is 11.9 Å². The van der Waals surface area contributed by atoms with E-state index in [0.717, 1.165) is 11.5 Å². The van der Waals surface area contributed by atoms with Gasteiger partial charge < -0.3 is 24.4 Å². The molecule has 0 fully saturated rings. The number of fused-ring (bicyclic) bond motifs is 1. The fraction of sp³-hybridized carbons (Fsp3) is 0.316. The summed E-state index contributed by atoms with van der Waals surface area (Å²) in [4.78, 5) is 1.96. The van der Waals surface area contributed by atoms with Gasteiger partial charge in [0.15, 0.2) is 22.7 Å². The molecule has 0 amide bonds. The number of benzene rings is 2. The molecule has 1 aliphatic rings. The number of anilines is 1. The van der Waals surface area contributed by atoms with Crippen LogP contribution in [-0.4, -0.2) is 42.4 Å². The Labute approximate surface area is 161 Å². The molecule has 0 aromatic heterocycles. The van der Waals surface area contributed by atoms with E-state index in [2.05, 4.69) is 10.1 Å². The third-order valence-corrected chi connectivity index (χ3v) is 4.35. The Kier molecular flexibility index (Phi) is 6.28. The maximum absolute atomic E-state index is 12.2. The van der Waals surface area contributed by atoms with Crippen LogP contribution in [0.15, 0.2) is 48.5 Å². The number of hydrogen-bond acceptors (Lipinski definition) is 4. The minimum Gasteiger partial charge on any atom is -0.486 e. The first-order valence-electron chi connectivity index (χ1n) is 8.54. The highest BCUT2D eigenvalue weighted by molar-refractivity contribution is 7.80. The van der Waals surface area contributed by atoms with E-state index in [1.165, 1.54) is 12.1 Å². The normalized spacial score (nSPS) is 15.3. The summed E-state index contributed by atoms with van der Waals surface area (Å²) in [5.41, 5.74) is 0.686. The van der Waals surface area contributed by atoms with Crippen LogP contribution in [0.2, 0.25) is 0 Å². The van der Waals surface area contributed by atoms with Gasteiger partial charge in [0.1, 0.15) is 12.4 Å². The summed E-state index contributed by atoms with van der Waals surface area (Å²) in [6, 6.07) is 13.7. The number of thiocarbonyl (C=S) groups is 1. The molecular weight excluding hydrogens is 374 g/mol. The Balaban J connectivity index is 1.56. The van der Waals surface area contributed by atoms with Crippen LogP contribution in [0.4, 0.5) is 14.5 Å². The number of para-hydroxylation sites is 2. The van der Waals surface area contributed by atoms with Crippen LogP contribution >= 0.6 is 12.2 Å². The Morgan fingerprint density at radius 3 is 2.59 bits per heavy atom. The van der Waals surface area contributed by atoms with E-state index in [9.17, 15) is 8.78 Å². The van der Waals surface area contributed by atoms with Crippen LogP contribution in [0.1, 0.15) is 6.92 Å². The molecule has 1 atom stereocenters. The smallest absolute Gasteiger partial charge is 0.387 e. The van der Waals surface area contributed by atoms with E-state index < -0.39 is 6.61 Å². The zero-order valence-electron chi connectivity index (χ0n) is 14.7. The number of likely N-dealkylation sites (N-methyl/N-ethyl adjacent to an activating group) is 1. The Bertz CT molecular complexity index is 774. The minimum atomic E-state index is -2.84. The van der Waals surface area contributed by atoms with Gasteiger partial charge in [-0.05, 0) is 55.5 Å². The molecule has 8 heteroatoms. The number of rotatable bonds is 6. The van der Waals surface area contributed by atoms with Crippen molar-refractivity contribution in [3.8, 4) is 17.2 Å². The van der Waals surface area contributed by atoms with Gasteiger partial charge in [0.05, 0.1) is 6.54 Å². The molecule has 3 rings (SSSR count). The quantitative estimate of drug-likeness (QED) is 0.743. The van der Waals surface area contributed by atoms with E-state index >= 15 is 0 Å². The van der Waals surface area contributed by atoms with Gasteiger partial charge in [-0.3, -0.25) is 0 Å². The molecule has 1 N–H and O–H groups in total. The summed E-state index contributed by atoms with van der Waals surface area (Å²) in [6.07, 6.45) is -0.151. The van der Waals surface area contributed by atoms with Gasteiger partial charge in [0.25, 0.3) is 0 Å². The van der Waals surface area contributed by atoms with Crippen LogP contribution in [-0.2, 0) is 0 Å². The second-order valence-electron chi connectivity index (χ2n) is 5.87. The van der Waals surface area contributed by atoms with E-state index in [0.29, 0.717) is 30.5 Å². The third-order valence-electron chi connectivity index (χ3n) is 3.99. The maximum atomic E-state index is 12.2. The topological polar surface area (TPSA) is 43.0 Å². The lowest BCUT2D eigenvalue weighted by atomic mass is 10.2. The van der Waals surface area contributed by atoms with Crippen molar-refractivity contribution < 1.29 is 23.0 Å². The van der Waals surface area contributed by atoms with Crippen molar-refractivity contribution in [2.45, 2.75) is 19.6 Å². The molecule has 0 radical (unpaired) electrons. The van der Waals surface area contributed by atoms with Crippen molar-refractivity contribution >= 4 is 23.0 Å². The van der Waals surface area contributed by atoms with Gasteiger partial charge in [-0.15, -0.1) is 0 Å². The summed E-state index contributed by atoms with van der Waals surface area (Å²) in [5.74, 6) is 1.56. The van der Waals surface area contributed by atoms with Gasteiger partial charge in [0, 0.05) is 12.2 Å². The molecule has 0 bridgehead atoms. The Morgan fingerprint density at radius 1 is 1.22 bits per heavy atom. The predicted molar refractivity (Wildman–Crippen MR) is 103 cm³/mol. The standard InChI is InChI=1S/C19H20F2N2O3S/c1-2-23(11-15-12-24-16-5-3-4-6-17(16)25-15)19(27)22-13-7-9-14(10-8-13)26-18(20)21/h3-10,15,18H,2,11-12H2,1H3,(H,22,27)/t15-/m1/s1. The van der Waals surface area contributed by atoms with Crippen LogP contribution < -0.4 is 19.5 Å². The fourth-order valence-electron chi connectivity index (χ4n) is 2.68. The number of hydrogen-bond donors (Lipinski definition) is 1. The van der Waals surface area contributed by atoms with Gasteiger partial charge in [-0.25, -0.2) is 0 Å². The zero-order chi connectivity index (χ0) is 19.2. The number of alkyl halides is 2. The highest BCUT2D eigenvalue weighted by atomic mass is 32.1. The zero-order valence-corrected chi connectivity index (χ0v) is 15.5. The van der Waals surface area contributed by atoms with Crippen LogP contribution in [0, 0.1) is 0 Å². The average Bonchev–Trinajstić information content (AvgIpc) is 2.67. The maximum Gasteiger partial charge on any atom is 0.387 e. The fourth-order valence-corrected chi connectivity index (χ4v) is 3.00. The summed E-state index contributed by atoms with van der Waals surface area (Å²) < 4.78 is 40.5. The third kappa shape index (κ3) is 5.19. The van der Waals surface area contributed by atoms with Crippen molar-refractivity contribution in [1.29, 1.82) is 0 Å². The van der Waals surface area contributed by atoms with Crippen molar-refractivity contribution in [3.05, 3.63) is 48.5 Å². The molecular formula is C19H20F2N2O3S. The molecule has 0 unspecified atom stereocenters. The minimum absolute atomic E-state index is 0.0974. The van der Waals surface area contributed by atoms with Gasteiger partial charge in [-0.2, -0.15) is 8.78 Å². The molecule has 0 spiro atoms. The van der Waals surface area contributed by atoms with Crippen molar-refractivity contribution in [2.24, 2.45) is 0 Å². The van der Waals surface area contributed by atoms with Gasteiger partial charge in [0.2, 0.25) is 0 Å². The highest BCUT2D eigenvalue weighted by Crippen LogP contribution is 2.31. The van der Waals surface area contributed by atoms with E-state index in [4.69, 9.17) is 21.7 Å². The molecule has 0 saturated carbocycles. The molecule has 1 heterocycles. The molecule has 2 aromatic carbocycles. The lowest BCUT2D eigenvalue weighted by Crippen LogP contribution is -2.45. The molecule has 144 valence electrons. The monoisotopic (exact) mass is 394 g/mol. The summed E-state index contributed by atoms with van der Waals surface area (Å²) in [7, 11) is 0. The van der Waals surface area contributed by atoms with Crippen LogP contribution in [0.25, 0.3) is 0 Å². The van der Waals surface area contributed by atoms with Crippen molar-refractivity contribution in [3.63, 3.8) is 0 Å². The number of ether oxygens (including phenoxy) is 3. The molecule has 5 nitrogen and oxygen atoms in total.